The zero-order chi connectivity index (χ0) is 79.0. The van der Waals surface area contributed by atoms with E-state index in [1.54, 1.807) is 0 Å². The first-order valence-corrected chi connectivity index (χ1v) is 44.7. The first kappa shape index (κ1) is 68.6. The van der Waals surface area contributed by atoms with Crippen LogP contribution in [0.1, 0.15) is 0 Å². The number of rotatable bonds is 15. The van der Waals surface area contributed by atoms with Gasteiger partial charge in [-0.05, 0) is 131 Å². The molecule has 0 amide bonds. The molecule has 8 heterocycles. The lowest BCUT2D eigenvalue weighted by atomic mass is 10.0. The first-order chi connectivity index (χ1) is 59.5. The molecule has 0 fully saturated rings. The van der Waals surface area contributed by atoms with E-state index in [2.05, 4.69) is 446 Å². The van der Waals surface area contributed by atoms with Crippen LogP contribution in [0.25, 0.3) is 156 Å². The van der Waals surface area contributed by atoms with Gasteiger partial charge in [-0.15, -0.1) is 0 Å². The zero-order valence-corrected chi connectivity index (χ0v) is 66.8. The summed E-state index contributed by atoms with van der Waals surface area (Å²) in [5, 5.41) is 14.9. The molecule has 24 aromatic rings. The smallest absolute Gasteiger partial charge is 0.221 e. The summed E-state index contributed by atoms with van der Waals surface area (Å²) in [4.78, 5) is 33.7. The Morgan fingerprint density at radius 1 is 0.167 bits per heavy atom. The standard InChI is InChI=1S/C106H70N12Si2/c1-7-31-75(32-8-1)119(76-33-9-2-10-34-76,77-35-11-3-12-36-77)81-61-55-71(56-62-81)103-109-99(113-89-47-23-19-43-83(89)84-44-20-24-48-90(84)113)69-100(110-103)114-91-49-25-21-45-85(91)86-67-73(60-66-92(86)114)74-59-65-88-98(68-74)116-95-52-28-30-54-97(95)118(106(116)108-88)102-70-101(117-96-53-29-27-51-94(96)115-93-50-26-22-46-87(93)107-105(115)117)111-104(112-102)72-57-63-82(64-58-72)120(78-37-13-4-14-38-78,79-39-15-5-16-40-79)80-41-17-6-18-42-80/h1-70H. The fraction of sp³-hybridized carbons (Fsp3) is 0. The minimum absolute atomic E-state index is 0.558. The Morgan fingerprint density at radius 2 is 0.442 bits per heavy atom. The third-order valence-electron chi connectivity index (χ3n) is 24.6. The maximum Gasteiger partial charge on any atom is 0.221 e. The third kappa shape index (κ3) is 10.5. The Morgan fingerprint density at radius 3 is 0.842 bits per heavy atom. The average molecular weight is 1570 g/mol. The number of aromatic nitrogens is 12. The molecule has 14 heteroatoms. The van der Waals surface area contributed by atoms with Crippen molar-refractivity contribution >= 4 is 157 Å². The summed E-state index contributed by atoms with van der Waals surface area (Å²) in [6.45, 7) is 0. The molecule has 0 spiro atoms. The van der Waals surface area contributed by atoms with E-state index in [4.69, 9.17) is 29.9 Å². The summed E-state index contributed by atoms with van der Waals surface area (Å²) in [6.07, 6.45) is 0. The van der Waals surface area contributed by atoms with Gasteiger partial charge in [-0.3, -0.25) is 27.1 Å². The van der Waals surface area contributed by atoms with Crippen LogP contribution in [0, 0.1) is 0 Å². The van der Waals surface area contributed by atoms with E-state index in [1.807, 2.05) is 6.07 Å². The normalized spacial score (nSPS) is 12.2. The van der Waals surface area contributed by atoms with E-state index in [9.17, 15) is 0 Å². The van der Waals surface area contributed by atoms with Crippen molar-refractivity contribution in [3.05, 3.63) is 425 Å². The van der Waals surface area contributed by atoms with Gasteiger partial charge in [-0.2, -0.15) is 0 Å². The lowest BCUT2D eigenvalue weighted by Crippen LogP contribution is -2.74. The van der Waals surface area contributed by atoms with E-state index < -0.39 is 16.1 Å². The van der Waals surface area contributed by atoms with Crippen LogP contribution in [-0.2, 0) is 0 Å². The van der Waals surface area contributed by atoms with Gasteiger partial charge in [0.05, 0.1) is 66.2 Å². The summed E-state index contributed by atoms with van der Waals surface area (Å²) < 4.78 is 13.6. The molecule has 0 aliphatic rings. The van der Waals surface area contributed by atoms with Gasteiger partial charge >= 0.3 is 0 Å². The number of para-hydroxylation sites is 9. The predicted octanol–water partition coefficient (Wildman–Crippen LogP) is 18.7. The molecule has 0 aliphatic heterocycles. The van der Waals surface area contributed by atoms with Crippen molar-refractivity contribution in [1.29, 1.82) is 0 Å². The minimum Gasteiger partial charge on any atom is -0.294 e. The lowest BCUT2D eigenvalue weighted by Gasteiger charge is -2.34. The molecule has 12 nitrogen and oxygen atoms in total. The van der Waals surface area contributed by atoms with Crippen molar-refractivity contribution < 1.29 is 0 Å². The summed E-state index contributed by atoms with van der Waals surface area (Å²) in [7, 11) is -5.74. The SMILES string of the molecule is c1ccc([Si](c2ccccc2)(c2ccccc2)c2ccc(-c3nc(-n4c5ccccc5c5ccccc54)cc(-n4c5ccccc5c5cc(-c6ccc7nc8n(-c9cc(-n%10c%11ccccc%11n%11c%12ccccc%12nc%10%11)nc(-c%10ccc([Si](c%11ccccc%11)(c%11ccccc%11)c%11ccccc%11)cc%10)n9)c9ccccc9n8c7c6)ccc54)n3)cc2)cc1. The Balaban J connectivity index is 0.665. The van der Waals surface area contributed by atoms with Gasteiger partial charge in [0.15, 0.2) is 27.8 Å². The van der Waals surface area contributed by atoms with Gasteiger partial charge in [0.1, 0.15) is 23.3 Å². The minimum atomic E-state index is -2.89. The van der Waals surface area contributed by atoms with E-state index in [0.29, 0.717) is 29.1 Å². The highest BCUT2D eigenvalue weighted by Gasteiger charge is 2.43. The molecule has 24 rings (SSSR count). The summed E-state index contributed by atoms with van der Waals surface area (Å²) >= 11 is 0. The Kier molecular flexibility index (Phi) is 15.7. The van der Waals surface area contributed by atoms with Crippen LogP contribution in [0.15, 0.2) is 425 Å². The molecule has 0 atom stereocenters. The Bertz CT molecular complexity index is 7900. The number of benzene rings is 16. The van der Waals surface area contributed by atoms with Gasteiger partial charge in [0.25, 0.3) is 0 Å². The van der Waals surface area contributed by atoms with Crippen LogP contribution >= 0.6 is 0 Å². The number of hydrogen-bond donors (Lipinski definition) is 0. The average Bonchev–Trinajstić information content (AvgIpc) is 1.57. The molecular formula is C106H70N12Si2. The van der Waals surface area contributed by atoms with Crippen molar-refractivity contribution in [3.8, 4) is 57.2 Å². The van der Waals surface area contributed by atoms with Crippen LogP contribution in [-0.4, -0.2) is 73.1 Å². The molecule has 0 saturated heterocycles. The number of imidazole rings is 4. The molecule has 0 N–H and O–H groups in total. The largest absolute Gasteiger partial charge is 0.294 e. The fourth-order valence-electron chi connectivity index (χ4n) is 19.4. The number of fused-ring (bicyclic) bond motifs is 16. The third-order valence-corrected chi connectivity index (χ3v) is 34.2. The zero-order valence-electron chi connectivity index (χ0n) is 64.8. The highest BCUT2D eigenvalue weighted by atomic mass is 28.3. The molecule has 0 aliphatic carbocycles. The fourth-order valence-corrected chi connectivity index (χ4v) is 28.9. The van der Waals surface area contributed by atoms with Crippen LogP contribution in [0.2, 0.25) is 0 Å². The molecule has 0 radical (unpaired) electrons. The molecular weight excluding hydrogens is 1500 g/mol. The Labute approximate surface area is 691 Å². The van der Waals surface area contributed by atoms with Crippen molar-refractivity contribution in [2.45, 2.75) is 0 Å². The van der Waals surface area contributed by atoms with Crippen molar-refractivity contribution in [3.63, 3.8) is 0 Å². The molecule has 0 unspecified atom stereocenters. The van der Waals surface area contributed by atoms with Crippen LogP contribution in [0.3, 0.4) is 0 Å². The van der Waals surface area contributed by atoms with Crippen LogP contribution in [0.4, 0.5) is 0 Å². The summed E-state index contributed by atoms with van der Waals surface area (Å²) in [5.74, 6) is 5.47. The van der Waals surface area contributed by atoms with E-state index >= 15 is 0 Å². The second-order valence-corrected chi connectivity index (χ2v) is 38.6. The van der Waals surface area contributed by atoms with Gasteiger partial charge in [-0.25, -0.2) is 29.9 Å². The number of nitrogens with zero attached hydrogens (tertiary/aromatic N) is 12. The van der Waals surface area contributed by atoms with E-state index in [-0.39, 0.29) is 0 Å². The molecule has 0 saturated carbocycles. The highest BCUT2D eigenvalue weighted by Crippen LogP contribution is 2.40. The topological polar surface area (TPSA) is 106 Å². The van der Waals surface area contributed by atoms with Gasteiger partial charge in [-0.1, -0.05) is 334 Å². The quantitative estimate of drug-likeness (QED) is 0.0748. The molecule has 562 valence electrons. The molecule has 16 aromatic carbocycles. The monoisotopic (exact) mass is 1570 g/mol. The summed E-state index contributed by atoms with van der Waals surface area (Å²) in [6, 6.07) is 154. The van der Waals surface area contributed by atoms with Crippen LogP contribution < -0.4 is 41.5 Å². The Hall–Kier alpha value is -15.7. The first-order valence-electron chi connectivity index (χ1n) is 40.7. The second kappa shape index (κ2) is 27.5. The van der Waals surface area contributed by atoms with Crippen molar-refractivity contribution in [1.82, 2.24) is 57.0 Å². The van der Waals surface area contributed by atoms with Crippen LogP contribution in [0.5, 0.6) is 0 Å². The van der Waals surface area contributed by atoms with Crippen molar-refractivity contribution in [2.75, 3.05) is 0 Å². The van der Waals surface area contributed by atoms with Gasteiger partial charge in [0, 0.05) is 44.8 Å². The van der Waals surface area contributed by atoms with Crippen molar-refractivity contribution in [2.24, 2.45) is 0 Å². The second-order valence-electron chi connectivity index (χ2n) is 31.0. The predicted molar refractivity (Wildman–Crippen MR) is 496 cm³/mol. The van der Waals surface area contributed by atoms with Gasteiger partial charge in [0.2, 0.25) is 11.6 Å². The molecule has 0 bridgehead atoms. The summed E-state index contributed by atoms with van der Waals surface area (Å²) in [5.41, 5.74) is 15.7. The molecule has 8 aromatic heterocycles. The highest BCUT2D eigenvalue weighted by molar-refractivity contribution is 7.20. The maximum absolute atomic E-state index is 5.71. The lowest BCUT2D eigenvalue weighted by molar-refractivity contribution is 0.970. The number of hydrogen-bond acceptors (Lipinski definition) is 6. The maximum atomic E-state index is 5.71. The van der Waals surface area contributed by atoms with E-state index in [1.165, 1.54) is 41.5 Å². The molecule has 120 heavy (non-hydrogen) atoms. The van der Waals surface area contributed by atoms with Gasteiger partial charge < -0.3 is 0 Å². The van der Waals surface area contributed by atoms with E-state index in [0.717, 1.165) is 127 Å².